The van der Waals surface area contributed by atoms with E-state index >= 15 is 0 Å². The van der Waals surface area contributed by atoms with Crippen LogP contribution in [-0.2, 0) is 6.42 Å². The van der Waals surface area contributed by atoms with Crippen molar-refractivity contribution in [2.24, 2.45) is 0 Å². The lowest BCUT2D eigenvalue weighted by molar-refractivity contribution is 0.0938. The van der Waals surface area contributed by atoms with Gasteiger partial charge in [-0.2, -0.15) is 0 Å². The number of nitrogens with one attached hydrogen (secondary N) is 2. The highest BCUT2D eigenvalue weighted by molar-refractivity contribution is 5.94. The van der Waals surface area contributed by atoms with Crippen molar-refractivity contribution in [3.05, 3.63) is 83.3 Å². The van der Waals surface area contributed by atoms with Crippen LogP contribution < -0.4 is 5.32 Å². The number of nitrogens with zero attached hydrogens (tertiary/aromatic N) is 3. The van der Waals surface area contributed by atoms with Gasteiger partial charge in [-0.05, 0) is 62.0 Å². The Morgan fingerprint density at radius 3 is 2.85 bits per heavy atom. The molecule has 1 fully saturated rings. The Hall–Kier alpha value is -3.65. The van der Waals surface area contributed by atoms with E-state index in [1.807, 2.05) is 13.1 Å². The van der Waals surface area contributed by atoms with Crippen LogP contribution in [0.15, 0.2) is 54.9 Å². The molecule has 0 spiro atoms. The van der Waals surface area contributed by atoms with Crippen LogP contribution in [0.25, 0.3) is 22.3 Å². The van der Waals surface area contributed by atoms with Crippen LogP contribution in [-0.4, -0.2) is 51.9 Å². The fraction of sp³-hybridized carbons (Fsp3) is 0.240. The van der Waals surface area contributed by atoms with Gasteiger partial charge in [0.25, 0.3) is 5.91 Å². The van der Waals surface area contributed by atoms with Gasteiger partial charge in [0.05, 0.1) is 17.6 Å². The third-order valence-electron chi connectivity index (χ3n) is 5.96. The summed E-state index contributed by atoms with van der Waals surface area (Å²) in [4.78, 5) is 26.6. The zero-order valence-electron chi connectivity index (χ0n) is 18.1. The molecule has 3 heterocycles. The summed E-state index contributed by atoms with van der Waals surface area (Å²) < 4.78 is 28.3. The van der Waals surface area contributed by atoms with E-state index in [4.69, 9.17) is 0 Å². The zero-order chi connectivity index (χ0) is 22.9. The lowest BCUT2D eigenvalue weighted by Gasteiger charge is -2.13. The number of aromatic nitrogens is 3. The average molecular weight is 447 g/mol. The summed E-state index contributed by atoms with van der Waals surface area (Å²) in [6.45, 7) is 1.74. The van der Waals surface area contributed by atoms with Gasteiger partial charge in [-0.15, -0.1) is 0 Å². The predicted molar refractivity (Wildman–Crippen MR) is 122 cm³/mol. The van der Waals surface area contributed by atoms with Crippen LogP contribution in [0.4, 0.5) is 8.78 Å². The van der Waals surface area contributed by atoms with Crippen LogP contribution in [0.5, 0.6) is 0 Å². The second-order valence-corrected chi connectivity index (χ2v) is 8.51. The zero-order valence-corrected chi connectivity index (χ0v) is 18.1. The summed E-state index contributed by atoms with van der Waals surface area (Å²) in [5.74, 6) is -1.05. The van der Waals surface area contributed by atoms with Crippen molar-refractivity contribution in [3.63, 3.8) is 0 Å². The second kappa shape index (κ2) is 8.71. The molecule has 0 aliphatic carbocycles. The highest BCUT2D eigenvalue weighted by atomic mass is 19.1. The minimum absolute atomic E-state index is 0.0874. The Labute approximate surface area is 189 Å². The van der Waals surface area contributed by atoms with Crippen molar-refractivity contribution < 1.29 is 13.6 Å². The molecule has 0 saturated carbocycles. The minimum Gasteiger partial charge on any atom is -0.353 e. The van der Waals surface area contributed by atoms with Crippen molar-refractivity contribution in [3.8, 4) is 11.4 Å². The van der Waals surface area contributed by atoms with Crippen LogP contribution in [0.1, 0.15) is 28.0 Å². The van der Waals surface area contributed by atoms with Crippen LogP contribution in [0.3, 0.4) is 0 Å². The number of rotatable bonds is 5. The fourth-order valence-corrected chi connectivity index (χ4v) is 4.21. The Morgan fingerprint density at radius 1 is 1.18 bits per heavy atom. The van der Waals surface area contributed by atoms with Crippen molar-refractivity contribution >= 4 is 16.8 Å². The first kappa shape index (κ1) is 21.2. The number of carbonyl (C=O) groups is 1. The molecular formula is C25H23F2N5O. The normalized spacial score (nSPS) is 16.4. The highest BCUT2D eigenvalue weighted by Gasteiger charge is 2.22. The Bertz CT molecular complexity index is 1340. The van der Waals surface area contributed by atoms with E-state index in [2.05, 4.69) is 25.2 Å². The molecule has 5 rings (SSSR count). The number of likely N-dealkylation sites (N-methyl/N-ethyl adjacent to an activating group) is 1. The molecule has 168 valence electrons. The summed E-state index contributed by atoms with van der Waals surface area (Å²) in [6.07, 6.45) is 4.32. The molecule has 1 aliphatic heterocycles. The molecule has 2 aromatic carbocycles. The number of carbonyl (C=O) groups excluding carboxylic acids is 1. The topological polar surface area (TPSA) is 73.9 Å². The van der Waals surface area contributed by atoms with Gasteiger partial charge in [0.2, 0.25) is 0 Å². The van der Waals surface area contributed by atoms with Crippen LogP contribution in [0, 0.1) is 11.6 Å². The molecule has 1 atom stereocenters. The summed E-state index contributed by atoms with van der Waals surface area (Å²) >= 11 is 0. The molecule has 8 heteroatoms. The Morgan fingerprint density at radius 2 is 2.06 bits per heavy atom. The van der Waals surface area contributed by atoms with Crippen molar-refractivity contribution in [1.82, 2.24) is 25.2 Å². The number of likely N-dealkylation sites (tertiary alicyclic amines) is 1. The molecule has 1 amide bonds. The quantitative estimate of drug-likeness (QED) is 0.486. The predicted octanol–water partition coefficient (Wildman–Crippen LogP) is 3.93. The third kappa shape index (κ3) is 4.61. The average Bonchev–Trinajstić information content (AvgIpc) is 3.40. The van der Waals surface area contributed by atoms with Crippen LogP contribution >= 0.6 is 0 Å². The molecular weight excluding hydrogens is 424 g/mol. The standard InChI is InChI=1S/C25H23F2N5O/c1-32-7-6-19(14-32)30-25(33)17-3-2-15(21(27)9-17)8-20-12-28-13-24(29-20)23-10-16-4-5-18(26)11-22(16)31-23/h2-5,9-13,19,31H,6-8,14H2,1H3,(H,30,33). The molecule has 1 aliphatic rings. The highest BCUT2D eigenvalue weighted by Crippen LogP contribution is 2.24. The van der Waals surface area contributed by atoms with E-state index in [-0.39, 0.29) is 24.2 Å². The van der Waals surface area contributed by atoms with Gasteiger partial charge in [-0.3, -0.25) is 9.78 Å². The van der Waals surface area contributed by atoms with E-state index in [0.717, 1.165) is 24.9 Å². The van der Waals surface area contributed by atoms with Gasteiger partial charge in [0.15, 0.2) is 0 Å². The number of amides is 1. The second-order valence-electron chi connectivity index (χ2n) is 8.51. The summed E-state index contributed by atoms with van der Waals surface area (Å²) in [5, 5.41) is 3.83. The van der Waals surface area contributed by atoms with Gasteiger partial charge >= 0.3 is 0 Å². The maximum absolute atomic E-state index is 14.8. The van der Waals surface area contributed by atoms with E-state index in [1.54, 1.807) is 30.6 Å². The van der Waals surface area contributed by atoms with E-state index in [0.29, 0.717) is 33.7 Å². The third-order valence-corrected chi connectivity index (χ3v) is 5.96. The van der Waals surface area contributed by atoms with E-state index < -0.39 is 5.82 Å². The largest absolute Gasteiger partial charge is 0.353 e. The molecule has 0 bridgehead atoms. The van der Waals surface area contributed by atoms with Crippen molar-refractivity contribution in [2.45, 2.75) is 18.9 Å². The lowest BCUT2D eigenvalue weighted by atomic mass is 10.1. The smallest absolute Gasteiger partial charge is 0.251 e. The van der Waals surface area contributed by atoms with Gasteiger partial charge in [0, 0.05) is 41.7 Å². The van der Waals surface area contributed by atoms with Gasteiger partial charge < -0.3 is 15.2 Å². The van der Waals surface area contributed by atoms with E-state index in [1.165, 1.54) is 18.2 Å². The number of hydrogen-bond donors (Lipinski definition) is 2. The van der Waals surface area contributed by atoms with E-state index in [9.17, 15) is 13.6 Å². The summed E-state index contributed by atoms with van der Waals surface area (Å²) in [6, 6.07) is 11.0. The lowest BCUT2D eigenvalue weighted by Crippen LogP contribution is -2.36. The maximum atomic E-state index is 14.8. The summed E-state index contributed by atoms with van der Waals surface area (Å²) in [5.41, 5.74) is 3.27. The monoisotopic (exact) mass is 447 g/mol. The SMILES string of the molecule is CN1CCC(NC(=O)c2ccc(Cc3cncc(-c4cc5ccc(F)cc5[nH]4)n3)c(F)c2)C1. The van der Waals surface area contributed by atoms with Gasteiger partial charge in [-0.25, -0.2) is 13.8 Å². The number of halogens is 2. The molecule has 0 radical (unpaired) electrons. The first-order chi connectivity index (χ1) is 15.9. The molecule has 1 saturated heterocycles. The number of H-pyrrole nitrogens is 1. The molecule has 1 unspecified atom stereocenters. The first-order valence-electron chi connectivity index (χ1n) is 10.8. The maximum Gasteiger partial charge on any atom is 0.251 e. The Kier molecular flexibility index (Phi) is 5.60. The molecule has 2 N–H and O–H groups in total. The first-order valence-corrected chi connectivity index (χ1v) is 10.8. The van der Waals surface area contributed by atoms with Crippen molar-refractivity contribution in [2.75, 3.05) is 20.1 Å². The van der Waals surface area contributed by atoms with Crippen molar-refractivity contribution in [1.29, 1.82) is 0 Å². The minimum atomic E-state index is -0.459. The fourth-order valence-electron chi connectivity index (χ4n) is 4.21. The molecule has 33 heavy (non-hydrogen) atoms. The number of hydrogen-bond acceptors (Lipinski definition) is 4. The number of aromatic amines is 1. The molecule has 4 aromatic rings. The number of benzene rings is 2. The van der Waals surface area contributed by atoms with Crippen LogP contribution in [0.2, 0.25) is 0 Å². The Balaban J connectivity index is 1.32. The molecule has 6 nitrogen and oxygen atoms in total. The summed E-state index contributed by atoms with van der Waals surface area (Å²) in [7, 11) is 2.01. The van der Waals surface area contributed by atoms with Gasteiger partial charge in [0.1, 0.15) is 17.3 Å². The molecule has 2 aromatic heterocycles. The van der Waals surface area contributed by atoms with Gasteiger partial charge in [-0.1, -0.05) is 6.07 Å². The number of fused-ring (bicyclic) bond motifs is 1.